The summed E-state index contributed by atoms with van der Waals surface area (Å²) in [4.78, 5) is 29.9. The van der Waals surface area contributed by atoms with Gasteiger partial charge in [-0.2, -0.15) is 0 Å². The molecule has 0 unspecified atom stereocenters. The summed E-state index contributed by atoms with van der Waals surface area (Å²) in [5.41, 5.74) is 1.87. The van der Waals surface area contributed by atoms with Gasteiger partial charge in [0.05, 0.1) is 21.8 Å². The molecule has 0 aliphatic heterocycles. The number of pyridine rings is 1. The van der Waals surface area contributed by atoms with Crippen LogP contribution in [-0.2, 0) is 4.79 Å². The predicted molar refractivity (Wildman–Crippen MR) is 81.5 cm³/mol. The first kappa shape index (κ1) is 15.2. The Kier molecular flexibility index (Phi) is 4.70. The second kappa shape index (κ2) is 6.49. The number of aromatic nitrogens is 1. The van der Waals surface area contributed by atoms with Crippen LogP contribution in [-0.4, -0.2) is 40.0 Å². The molecule has 0 aliphatic carbocycles. The van der Waals surface area contributed by atoms with Gasteiger partial charge in [0.15, 0.2) is 0 Å². The van der Waals surface area contributed by atoms with Crippen LogP contribution in [0.4, 0.5) is 0 Å². The summed E-state index contributed by atoms with van der Waals surface area (Å²) in [7, 11) is 0. The summed E-state index contributed by atoms with van der Waals surface area (Å²) >= 11 is 1.58. The molecule has 0 radical (unpaired) electrons. The summed E-state index contributed by atoms with van der Waals surface area (Å²) in [6.45, 7) is 3.56. The highest BCUT2D eigenvalue weighted by molar-refractivity contribution is 7.13. The lowest BCUT2D eigenvalue weighted by Crippen LogP contribution is -2.35. The van der Waals surface area contributed by atoms with E-state index in [2.05, 4.69) is 4.98 Å². The molecule has 0 aromatic carbocycles. The molecule has 0 aliphatic rings. The van der Waals surface area contributed by atoms with Gasteiger partial charge >= 0.3 is 5.97 Å². The Balaban J connectivity index is 2.28. The number of nitrogens with zero attached hydrogens (tertiary/aromatic N) is 2. The normalized spacial score (nSPS) is 10.4. The maximum absolute atomic E-state index is 12.4. The number of hydrogen-bond acceptors (Lipinski definition) is 4. The largest absolute Gasteiger partial charge is 0.480 e. The fourth-order valence-electron chi connectivity index (χ4n) is 2.01. The van der Waals surface area contributed by atoms with E-state index in [1.165, 1.54) is 4.90 Å². The van der Waals surface area contributed by atoms with Crippen molar-refractivity contribution in [2.75, 3.05) is 13.1 Å². The van der Waals surface area contributed by atoms with Crippen molar-refractivity contribution < 1.29 is 14.7 Å². The summed E-state index contributed by atoms with van der Waals surface area (Å²) in [6.07, 6.45) is 0. The van der Waals surface area contributed by atoms with Gasteiger partial charge in [-0.15, -0.1) is 11.3 Å². The molecule has 2 rings (SSSR count). The first-order chi connectivity index (χ1) is 10.0. The molecule has 6 heteroatoms. The molecule has 5 nitrogen and oxygen atoms in total. The number of carbonyl (C=O) groups excluding carboxylic acids is 1. The van der Waals surface area contributed by atoms with Crippen LogP contribution in [0.3, 0.4) is 0 Å². The lowest BCUT2D eigenvalue weighted by molar-refractivity contribution is -0.137. The minimum atomic E-state index is -1.02. The van der Waals surface area contributed by atoms with Crippen molar-refractivity contribution in [1.29, 1.82) is 0 Å². The van der Waals surface area contributed by atoms with Gasteiger partial charge in [-0.1, -0.05) is 6.07 Å². The maximum atomic E-state index is 12.4. The number of carboxylic acid groups (broad SMARTS) is 1. The molecular weight excluding hydrogens is 288 g/mol. The van der Waals surface area contributed by atoms with E-state index >= 15 is 0 Å². The number of rotatable bonds is 5. The number of hydrogen-bond donors (Lipinski definition) is 1. The SMILES string of the molecule is CCN(CC(=O)O)C(=O)c1ccc(-c2cccs2)nc1C. The number of carboxylic acids is 1. The molecule has 2 aromatic rings. The molecule has 21 heavy (non-hydrogen) atoms. The number of thiophene rings is 1. The second-order valence-corrected chi connectivity index (χ2v) is 5.47. The zero-order valence-corrected chi connectivity index (χ0v) is 12.7. The van der Waals surface area contributed by atoms with Crippen molar-refractivity contribution >= 4 is 23.2 Å². The van der Waals surface area contributed by atoms with E-state index in [4.69, 9.17) is 5.11 Å². The van der Waals surface area contributed by atoms with Gasteiger partial charge in [-0.25, -0.2) is 0 Å². The summed E-state index contributed by atoms with van der Waals surface area (Å²) in [5, 5.41) is 10.8. The van der Waals surface area contributed by atoms with E-state index in [0.29, 0.717) is 17.8 Å². The maximum Gasteiger partial charge on any atom is 0.323 e. The van der Waals surface area contributed by atoms with Gasteiger partial charge in [0.25, 0.3) is 5.91 Å². The smallest absolute Gasteiger partial charge is 0.323 e. The highest BCUT2D eigenvalue weighted by atomic mass is 32.1. The van der Waals surface area contributed by atoms with Gasteiger partial charge in [-0.3, -0.25) is 14.6 Å². The topological polar surface area (TPSA) is 70.5 Å². The second-order valence-electron chi connectivity index (χ2n) is 4.52. The van der Waals surface area contributed by atoms with E-state index in [9.17, 15) is 9.59 Å². The Morgan fingerprint density at radius 1 is 1.33 bits per heavy atom. The molecule has 2 aromatic heterocycles. The lowest BCUT2D eigenvalue weighted by Gasteiger charge is -2.19. The standard InChI is InChI=1S/C15H16N2O3S/c1-3-17(9-14(18)19)15(20)11-6-7-12(16-10(11)2)13-5-4-8-21-13/h4-8H,3,9H2,1-2H3,(H,18,19). The zero-order valence-electron chi connectivity index (χ0n) is 11.9. The predicted octanol–water partition coefficient (Wildman–Crippen LogP) is 2.67. The van der Waals surface area contributed by atoms with E-state index in [1.54, 1.807) is 37.3 Å². The summed E-state index contributed by atoms with van der Waals surface area (Å²) in [6, 6.07) is 7.42. The van der Waals surface area contributed by atoms with Crippen LogP contribution < -0.4 is 0 Å². The number of likely N-dealkylation sites (N-methyl/N-ethyl adjacent to an activating group) is 1. The molecule has 0 saturated carbocycles. The van der Waals surface area contributed by atoms with Crippen molar-refractivity contribution in [3.63, 3.8) is 0 Å². The molecular formula is C15H16N2O3S. The Labute approximate surface area is 126 Å². The Morgan fingerprint density at radius 3 is 2.62 bits per heavy atom. The number of aryl methyl sites for hydroxylation is 1. The fourth-order valence-corrected chi connectivity index (χ4v) is 2.70. The molecule has 0 spiro atoms. The average molecular weight is 304 g/mol. The van der Waals surface area contributed by atoms with E-state index in [1.807, 2.05) is 17.5 Å². The van der Waals surface area contributed by atoms with Crippen LogP contribution in [0.25, 0.3) is 10.6 Å². The van der Waals surface area contributed by atoms with E-state index in [0.717, 1.165) is 10.6 Å². The number of carbonyl (C=O) groups is 2. The highest BCUT2D eigenvalue weighted by Crippen LogP contribution is 2.24. The van der Waals surface area contributed by atoms with Crippen molar-refractivity contribution in [3.8, 4) is 10.6 Å². The summed E-state index contributed by atoms with van der Waals surface area (Å²) < 4.78 is 0. The molecule has 2 heterocycles. The minimum Gasteiger partial charge on any atom is -0.480 e. The Bertz CT molecular complexity index is 653. The highest BCUT2D eigenvalue weighted by Gasteiger charge is 2.19. The van der Waals surface area contributed by atoms with Crippen LogP contribution in [0.2, 0.25) is 0 Å². The van der Waals surface area contributed by atoms with Gasteiger partial charge in [0.1, 0.15) is 6.54 Å². The third kappa shape index (κ3) is 3.46. The number of aliphatic carboxylic acids is 1. The number of amides is 1. The van der Waals surface area contributed by atoms with Crippen molar-refractivity contribution in [2.24, 2.45) is 0 Å². The Hall–Kier alpha value is -2.21. The third-order valence-electron chi connectivity index (χ3n) is 3.08. The van der Waals surface area contributed by atoms with Crippen molar-refractivity contribution in [1.82, 2.24) is 9.88 Å². The third-order valence-corrected chi connectivity index (χ3v) is 3.98. The molecule has 110 valence electrons. The van der Waals surface area contributed by atoms with Crippen LogP contribution in [0, 0.1) is 6.92 Å². The van der Waals surface area contributed by atoms with Gasteiger partial charge in [0.2, 0.25) is 0 Å². The van der Waals surface area contributed by atoms with E-state index in [-0.39, 0.29) is 12.5 Å². The lowest BCUT2D eigenvalue weighted by atomic mass is 10.1. The molecule has 0 bridgehead atoms. The van der Waals surface area contributed by atoms with E-state index < -0.39 is 5.97 Å². The monoisotopic (exact) mass is 304 g/mol. The van der Waals surface area contributed by atoms with Crippen LogP contribution >= 0.6 is 11.3 Å². The average Bonchev–Trinajstić information content (AvgIpc) is 2.98. The van der Waals surface area contributed by atoms with Crippen molar-refractivity contribution in [2.45, 2.75) is 13.8 Å². The first-order valence-corrected chi connectivity index (χ1v) is 7.43. The quantitative estimate of drug-likeness (QED) is 0.922. The van der Waals surface area contributed by atoms with Crippen LogP contribution in [0.15, 0.2) is 29.6 Å². The molecule has 0 atom stereocenters. The summed E-state index contributed by atoms with van der Waals surface area (Å²) in [5.74, 6) is -1.33. The van der Waals surface area contributed by atoms with Crippen molar-refractivity contribution in [3.05, 3.63) is 40.9 Å². The molecule has 0 fully saturated rings. The molecule has 1 N–H and O–H groups in total. The van der Waals surface area contributed by atoms with Crippen LogP contribution in [0.5, 0.6) is 0 Å². The van der Waals surface area contributed by atoms with Crippen LogP contribution in [0.1, 0.15) is 23.0 Å². The minimum absolute atomic E-state index is 0.303. The molecule has 1 amide bonds. The first-order valence-electron chi connectivity index (χ1n) is 6.55. The Morgan fingerprint density at radius 2 is 2.10 bits per heavy atom. The van der Waals surface area contributed by atoms with Gasteiger partial charge in [-0.05, 0) is 37.4 Å². The fraction of sp³-hybridized carbons (Fsp3) is 0.267. The van der Waals surface area contributed by atoms with Gasteiger partial charge in [0, 0.05) is 6.54 Å². The zero-order chi connectivity index (χ0) is 15.4. The molecule has 0 saturated heterocycles. The van der Waals surface area contributed by atoms with Gasteiger partial charge < -0.3 is 10.0 Å².